The van der Waals surface area contributed by atoms with Crippen molar-refractivity contribution in [3.63, 3.8) is 0 Å². The van der Waals surface area contributed by atoms with Gasteiger partial charge in [-0.3, -0.25) is 4.90 Å². The van der Waals surface area contributed by atoms with Gasteiger partial charge >= 0.3 is 6.03 Å². The summed E-state index contributed by atoms with van der Waals surface area (Å²) in [6, 6.07) is 4.67. The smallest absolute Gasteiger partial charge is 0.317 e. The second-order valence-corrected chi connectivity index (χ2v) is 7.67. The first-order valence-corrected chi connectivity index (χ1v) is 9.54. The van der Waals surface area contributed by atoms with E-state index in [1.807, 2.05) is 11.3 Å². The van der Waals surface area contributed by atoms with Crippen LogP contribution in [0.15, 0.2) is 17.5 Å². The SMILES string of the molecule is O=C(NCC1CCN(Cc2cccs2)CC1)N(CCO)C1CC1. The molecule has 5 nitrogen and oxygen atoms in total. The van der Waals surface area contributed by atoms with Gasteiger partial charge in [0, 0.05) is 30.6 Å². The predicted octanol–water partition coefficient (Wildman–Crippen LogP) is 2.13. The zero-order valence-corrected chi connectivity index (χ0v) is 14.4. The summed E-state index contributed by atoms with van der Waals surface area (Å²) in [6.45, 7) is 4.55. The summed E-state index contributed by atoms with van der Waals surface area (Å²) in [4.78, 5) is 18.0. The number of nitrogens with one attached hydrogen (secondary N) is 1. The van der Waals surface area contributed by atoms with Crippen molar-refractivity contribution in [2.45, 2.75) is 38.3 Å². The lowest BCUT2D eigenvalue weighted by Gasteiger charge is -2.32. The topological polar surface area (TPSA) is 55.8 Å². The number of rotatable bonds is 7. The minimum atomic E-state index is 0.00238. The Morgan fingerprint density at radius 3 is 2.74 bits per heavy atom. The summed E-state index contributed by atoms with van der Waals surface area (Å²) in [5, 5.41) is 14.3. The zero-order chi connectivity index (χ0) is 16.1. The molecule has 1 saturated heterocycles. The summed E-state index contributed by atoms with van der Waals surface area (Å²) in [5.41, 5.74) is 0. The Bertz CT molecular complexity index is 482. The first-order chi connectivity index (χ1) is 11.3. The number of amides is 2. The Hall–Kier alpha value is -1.11. The highest BCUT2D eigenvalue weighted by Gasteiger charge is 2.32. The molecule has 1 saturated carbocycles. The molecular formula is C17H27N3O2S. The van der Waals surface area contributed by atoms with Gasteiger partial charge in [0.15, 0.2) is 0 Å². The molecular weight excluding hydrogens is 310 g/mol. The highest BCUT2D eigenvalue weighted by atomic mass is 32.1. The van der Waals surface area contributed by atoms with Crippen LogP contribution >= 0.6 is 11.3 Å². The van der Waals surface area contributed by atoms with Gasteiger partial charge in [0.2, 0.25) is 0 Å². The third-order valence-corrected chi connectivity index (χ3v) is 5.66. The maximum atomic E-state index is 12.2. The first-order valence-electron chi connectivity index (χ1n) is 8.66. The van der Waals surface area contributed by atoms with Crippen LogP contribution < -0.4 is 5.32 Å². The van der Waals surface area contributed by atoms with E-state index in [4.69, 9.17) is 5.11 Å². The van der Waals surface area contributed by atoms with Crippen LogP contribution in [-0.4, -0.2) is 59.8 Å². The second kappa shape index (κ2) is 8.13. The van der Waals surface area contributed by atoms with Crippen LogP contribution in [0, 0.1) is 5.92 Å². The Labute approximate surface area is 142 Å². The number of likely N-dealkylation sites (tertiary alicyclic amines) is 1. The molecule has 3 rings (SSSR count). The fourth-order valence-corrected chi connectivity index (χ4v) is 3.99. The standard InChI is InChI=1S/C17H27N3O2S/c21-10-9-20(15-3-4-15)17(22)18-12-14-5-7-19(8-6-14)13-16-2-1-11-23-16/h1-2,11,14-15,21H,3-10,12-13H2,(H,18,22). The van der Waals surface area contributed by atoms with Gasteiger partial charge in [-0.25, -0.2) is 4.79 Å². The zero-order valence-electron chi connectivity index (χ0n) is 13.6. The number of carbonyl (C=O) groups excluding carboxylic acids is 1. The summed E-state index contributed by atoms with van der Waals surface area (Å²) in [5.74, 6) is 0.578. The van der Waals surface area contributed by atoms with E-state index in [2.05, 4.69) is 27.7 Å². The van der Waals surface area contributed by atoms with E-state index in [1.54, 1.807) is 4.90 Å². The van der Waals surface area contributed by atoms with Crippen molar-refractivity contribution in [3.05, 3.63) is 22.4 Å². The maximum Gasteiger partial charge on any atom is 0.317 e. The molecule has 2 aliphatic rings. The molecule has 2 N–H and O–H groups in total. The quantitative estimate of drug-likeness (QED) is 0.801. The molecule has 0 spiro atoms. The molecule has 0 atom stereocenters. The van der Waals surface area contributed by atoms with Gasteiger partial charge < -0.3 is 15.3 Å². The molecule has 0 radical (unpaired) electrons. The molecule has 23 heavy (non-hydrogen) atoms. The molecule has 2 fully saturated rings. The van der Waals surface area contributed by atoms with Crippen molar-refractivity contribution in [2.75, 3.05) is 32.8 Å². The Morgan fingerprint density at radius 1 is 1.35 bits per heavy atom. The molecule has 1 aromatic heterocycles. The van der Waals surface area contributed by atoms with Crippen LogP contribution in [-0.2, 0) is 6.54 Å². The summed E-state index contributed by atoms with van der Waals surface area (Å²) >= 11 is 1.82. The van der Waals surface area contributed by atoms with Crippen molar-refractivity contribution in [2.24, 2.45) is 5.92 Å². The van der Waals surface area contributed by atoms with E-state index in [-0.39, 0.29) is 12.6 Å². The summed E-state index contributed by atoms with van der Waals surface area (Å²) < 4.78 is 0. The van der Waals surface area contributed by atoms with Gasteiger partial charge in [0.05, 0.1) is 6.61 Å². The minimum absolute atomic E-state index is 0.00238. The van der Waals surface area contributed by atoms with E-state index in [0.29, 0.717) is 18.5 Å². The van der Waals surface area contributed by atoms with Gasteiger partial charge in [-0.15, -0.1) is 11.3 Å². The lowest BCUT2D eigenvalue weighted by atomic mass is 9.97. The number of piperidine rings is 1. The third kappa shape index (κ3) is 4.93. The third-order valence-electron chi connectivity index (χ3n) is 4.80. The number of carbonyl (C=O) groups is 1. The molecule has 0 bridgehead atoms. The van der Waals surface area contributed by atoms with Crippen molar-refractivity contribution in [1.82, 2.24) is 15.1 Å². The number of aliphatic hydroxyl groups excluding tert-OH is 1. The molecule has 2 heterocycles. The average molecular weight is 337 g/mol. The fraction of sp³-hybridized carbons (Fsp3) is 0.706. The summed E-state index contributed by atoms with van der Waals surface area (Å²) in [6.07, 6.45) is 4.45. The number of thiophene rings is 1. The van der Waals surface area contributed by atoms with E-state index in [9.17, 15) is 4.79 Å². The minimum Gasteiger partial charge on any atom is -0.395 e. The Morgan fingerprint density at radius 2 is 2.13 bits per heavy atom. The first kappa shape index (κ1) is 16.7. The lowest BCUT2D eigenvalue weighted by Crippen LogP contribution is -2.45. The molecule has 2 amide bonds. The number of aliphatic hydroxyl groups is 1. The van der Waals surface area contributed by atoms with Crippen LogP contribution in [0.4, 0.5) is 4.79 Å². The van der Waals surface area contributed by atoms with Crippen molar-refractivity contribution >= 4 is 17.4 Å². The van der Waals surface area contributed by atoms with E-state index in [0.717, 1.165) is 51.9 Å². The normalized spacial score (nSPS) is 19.7. The van der Waals surface area contributed by atoms with E-state index >= 15 is 0 Å². The maximum absolute atomic E-state index is 12.2. The highest BCUT2D eigenvalue weighted by molar-refractivity contribution is 7.09. The molecule has 1 aliphatic heterocycles. The van der Waals surface area contributed by atoms with Gasteiger partial charge in [0.25, 0.3) is 0 Å². The van der Waals surface area contributed by atoms with Crippen LogP contribution in [0.25, 0.3) is 0 Å². The van der Waals surface area contributed by atoms with Crippen molar-refractivity contribution < 1.29 is 9.90 Å². The van der Waals surface area contributed by atoms with E-state index < -0.39 is 0 Å². The Balaban J connectivity index is 1.36. The van der Waals surface area contributed by atoms with Gasteiger partial charge in [-0.1, -0.05) is 6.07 Å². The van der Waals surface area contributed by atoms with Crippen LogP contribution in [0.3, 0.4) is 0 Å². The predicted molar refractivity (Wildman–Crippen MR) is 92.5 cm³/mol. The van der Waals surface area contributed by atoms with E-state index in [1.165, 1.54) is 4.88 Å². The van der Waals surface area contributed by atoms with Crippen LogP contribution in [0.2, 0.25) is 0 Å². The van der Waals surface area contributed by atoms with Gasteiger partial charge in [-0.05, 0) is 56.1 Å². The fourth-order valence-electron chi connectivity index (χ4n) is 3.25. The summed E-state index contributed by atoms with van der Waals surface area (Å²) in [7, 11) is 0. The second-order valence-electron chi connectivity index (χ2n) is 6.63. The molecule has 0 aromatic carbocycles. The van der Waals surface area contributed by atoms with Crippen LogP contribution in [0.5, 0.6) is 0 Å². The van der Waals surface area contributed by atoms with Gasteiger partial charge in [-0.2, -0.15) is 0 Å². The highest BCUT2D eigenvalue weighted by Crippen LogP contribution is 2.26. The molecule has 1 aromatic rings. The molecule has 1 aliphatic carbocycles. The number of hydrogen-bond donors (Lipinski definition) is 2. The monoisotopic (exact) mass is 337 g/mol. The largest absolute Gasteiger partial charge is 0.395 e. The lowest BCUT2D eigenvalue weighted by molar-refractivity contribution is 0.160. The van der Waals surface area contributed by atoms with Crippen molar-refractivity contribution in [3.8, 4) is 0 Å². The number of nitrogens with zero attached hydrogens (tertiary/aromatic N) is 2. The van der Waals surface area contributed by atoms with Crippen molar-refractivity contribution in [1.29, 1.82) is 0 Å². The number of urea groups is 1. The Kier molecular flexibility index (Phi) is 5.91. The van der Waals surface area contributed by atoms with Crippen LogP contribution in [0.1, 0.15) is 30.6 Å². The molecule has 0 unspecified atom stereocenters. The molecule has 128 valence electrons. The average Bonchev–Trinajstić information content (AvgIpc) is 3.28. The molecule has 6 heteroatoms. The van der Waals surface area contributed by atoms with Gasteiger partial charge in [0.1, 0.15) is 0 Å². The number of hydrogen-bond acceptors (Lipinski definition) is 4.